The molecule has 0 aromatic heterocycles. The van der Waals surface area contributed by atoms with Gasteiger partial charge in [-0.1, -0.05) is 39.0 Å². The molecule has 1 heterocycles. The van der Waals surface area contributed by atoms with Crippen LogP contribution >= 0.6 is 0 Å². The Labute approximate surface area is 106 Å². The van der Waals surface area contributed by atoms with Crippen molar-refractivity contribution in [1.29, 1.82) is 0 Å². The van der Waals surface area contributed by atoms with E-state index in [1.54, 1.807) is 0 Å². The molecule has 1 saturated heterocycles. The lowest BCUT2D eigenvalue weighted by Gasteiger charge is -2.32. The normalized spacial score (nSPS) is 17.2. The Kier molecular flexibility index (Phi) is 3.76. The van der Waals surface area contributed by atoms with E-state index < -0.39 is 0 Å². The second-order valence-electron chi connectivity index (χ2n) is 6.41. The van der Waals surface area contributed by atoms with Crippen molar-refractivity contribution in [3.8, 4) is 0 Å². The number of rotatable bonds is 2. The topological polar surface area (TPSA) is 3.24 Å². The second kappa shape index (κ2) is 5.12. The smallest absolute Gasteiger partial charge is 0.0398 e. The second-order valence-corrected chi connectivity index (χ2v) is 6.41. The summed E-state index contributed by atoms with van der Waals surface area (Å²) >= 11 is 0. The molecule has 1 aromatic rings. The van der Waals surface area contributed by atoms with Gasteiger partial charge in [-0.2, -0.15) is 0 Å². The fourth-order valence-corrected chi connectivity index (χ4v) is 2.67. The first-order valence-electron chi connectivity index (χ1n) is 6.89. The molecule has 17 heavy (non-hydrogen) atoms. The van der Waals surface area contributed by atoms with Crippen LogP contribution in [0.4, 0.5) is 5.69 Å². The highest BCUT2D eigenvalue weighted by Gasteiger charge is 2.18. The Balaban J connectivity index is 2.20. The Hall–Kier alpha value is -0.980. The Morgan fingerprint density at radius 3 is 2.29 bits per heavy atom. The van der Waals surface area contributed by atoms with Crippen molar-refractivity contribution in [2.24, 2.45) is 5.41 Å². The van der Waals surface area contributed by atoms with Crippen LogP contribution in [0.25, 0.3) is 0 Å². The number of nitrogens with zero attached hydrogens (tertiary/aromatic N) is 1. The Morgan fingerprint density at radius 1 is 1.00 bits per heavy atom. The summed E-state index contributed by atoms with van der Waals surface area (Å²) in [6.45, 7) is 9.43. The van der Waals surface area contributed by atoms with Gasteiger partial charge in [0, 0.05) is 18.8 Å². The van der Waals surface area contributed by atoms with E-state index in [4.69, 9.17) is 0 Å². The lowest BCUT2D eigenvalue weighted by Crippen LogP contribution is -2.30. The van der Waals surface area contributed by atoms with Crippen molar-refractivity contribution in [2.75, 3.05) is 18.0 Å². The highest BCUT2D eigenvalue weighted by atomic mass is 15.1. The van der Waals surface area contributed by atoms with Crippen LogP contribution in [0.15, 0.2) is 24.3 Å². The number of benzene rings is 1. The van der Waals surface area contributed by atoms with Crippen LogP contribution in [-0.4, -0.2) is 13.1 Å². The molecule has 0 saturated carbocycles. The lowest BCUT2D eigenvalue weighted by atomic mass is 9.87. The third-order valence-electron chi connectivity index (χ3n) is 3.41. The Morgan fingerprint density at radius 2 is 1.65 bits per heavy atom. The summed E-state index contributed by atoms with van der Waals surface area (Å²) in [5.74, 6) is 0. The average molecular weight is 231 g/mol. The molecule has 0 amide bonds. The standard InChI is InChI=1S/C16H25N/c1-16(2,3)13-14-9-5-6-10-15(14)17-11-7-4-8-12-17/h5-6,9-10H,4,7-8,11-13H2,1-3H3. The molecule has 94 valence electrons. The maximum Gasteiger partial charge on any atom is 0.0398 e. The maximum absolute atomic E-state index is 2.57. The Bertz CT molecular complexity index is 356. The molecule has 1 heteroatoms. The minimum Gasteiger partial charge on any atom is -0.371 e. The molecule has 1 nitrogen and oxygen atoms in total. The van der Waals surface area contributed by atoms with E-state index in [-0.39, 0.29) is 0 Å². The average Bonchev–Trinajstić information content (AvgIpc) is 2.29. The lowest BCUT2D eigenvalue weighted by molar-refractivity contribution is 0.410. The van der Waals surface area contributed by atoms with Gasteiger partial charge in [-0.05, 0) is 42.7 Å². The third kappa shape index (κ3) is 3.49. The summed E-state index contributed by atoms with van der Waals surface area (Å²) in [5, 5.41) is 0. The molecule has 0 aliphatic carbocycles. The first-order valence-corrected chi connectivity index (χ1v) is 6.89. The highest BCUT2D eigenvalue weighted by molar-refractivity contribution is 5.54. The molecule has 0 N–H and O–H groups in total. The number of para-hydroxylation sites is 1. The quantitative estimate of drug-likeness (QED) is 0.735. The van der Waals surface area contributed by atoms with Gasteiger partial charge in [0.05, 0.1) is 0 Å². The summed E-state index contributed by atoms with van der Waals surface area (Å²) in [6, 6.07) is 8.95. The van der Waals surface area contributed by atoms with Gasteiger partial charge in [0.15, 0.2) is 0 Å². The van der Waals surface area contributed by atoms with E-state index in [9.17, 15) is 0 Å². The van der Waals surface area contributed by atoms with Crippen LogP contribution in [0, 0.1) is 5.41 Å². The van der Waals surface area contributed by atoms with Gasteiger partial charge in [0.1, 0.15) is 0 Å². The fraction of sp³-hybridized carbons (Fsp3) is 0.625. The van der Waals surface area contributed by atoms with Crippen molar-refractivity contribution < 1.29 is 0 Å². The summed E-state index contributed by atoms with van der Waals surface area (Å²) < 4.78 is 0. The van der Waals surface area contributed by atoms with Gasteiger partial charge in [-0.3, -0.25) is 0 Å². The van der Waals surface area contributed by atoms with Gasteiger partial charge in [-0.25, -0.2) is 0 Å². The third-order valence-corrected chi connectivity index (χ3v) is 3.41. The first-order chi connectivity index (χ1) is 8.06. The van der Waals surface area contributed by atoms with Crippen LogP contribution < -0.4 is 4.90 Å². The minimum absolute atomic E-state index is 0.367. The zero-order valence-corrected chi connectivity index (χ0v) is 11.5. The molecule has 1 aromatic carbocycles. The molecule has 0 unspecified atom stereocenters. The van der Waals surface area contributed by atoms with Crippen molar-refractivity contribution in [3.05, 3.63) is 29.8 Å². The predicted molar refractivity (Wildman–Crippen MR) is 75.7 cm³/mol. The van der Waals surface area contributed by atoms with Gasteiger partial charge in [-0.15, -0.1) is 0 Å². The van der Waals surface area contributed by atoms with Gasteiger partial charge in [0.25, 0.3) is 0 Å². The van der Waals surface area contributed by atoms with E-state index in [1.165, 1.54) is 50.0 Å². The summed E-state index contributed by atoms with van der Waals surface area (Å²) in [7, 11) is 0. The number of piperidine rings is 1. The molecule has 1 fully saturated rings. The number of hydrogen-bond acceptors (Lipinski definition) is 1. The molecule has 0 spiro atoms. The van der Waals surface area contributed by atoms with E-state index in [0.717, 1.165) is 0 Å². The predicted octanol–water partition coefficient (Wildman–Crippen LogP) is 4.27. The van der Waals surface area contributed by atoms with Crippen LogP contribution in [0.1, 0.15) is 45.6 Å². The molecule has 0 radical (unpaired) electrons. The van der Waals surface area contributed by atoms with Gasteiger partial charge < -0.3 is 4.90 Å². The molecule has 0 bridgehead atoms. The van der Waals surface area contributed by atoms with Crippen molar-refractivity contribution >= 4 is 5.69 Å². The number of anilines is 1. The summed E-state index contributed by atoms with van der Waals surface area (Å²) in [6.07, 6.45) is 5.27. The number of hydrogen-bond donors (Lipinski definition) is 0. The molecule has 2 rings (SSSR count). The fourth-order valence-electron chi connectivity index (χ4n) is 2.67. The van der Waals surface area contributed by atoms with E-state index in [2.05, 4.69) is 49.9 Å². The zero-order chi connectivity index (χ0) is 12.3. The van der Waals surface area contributed by atoms with Gasteiger partial charge >= 0.3 is 0 Å². The molecule has 1 aliphatic heterocycles. The van der Waals surface area contributed by atoms with Crippen molar-refractivity contribution in [2.45, 2.75) is 46.5 Å². The first kappa shape index (κ1) is 12.5. The molecule has 0 atom stereocenters. The zero-order valence-electron chi connectivity index (χ0n) is 11.5. The van der Waals surface area contributed by atoms with Crippen molar-refractivity contribution in [3.63, 3.8) is 0 Å². The van der Waals surface area contributed by atoms with E-state index in [0.29, 0.717) is 5.41 Å². The van der Waals surface area contributed by atoms with Crippen LogP contribution in [0.5, 0.6) is 0 Å². The largest absolute Gasteiger partial charge is 0.371 e. The summed E-state index contributed by atoms with van der Waals surface area (Å²) in [5.41, 5.74) is 3.36. The monoisotopic (exact) mass is 231 g/mol. The van der Waals surface area contributed by atoms with Gasteiger partial charge in [0.2, 0.25) is 0 Å². The highest BCUT2D eigenvalue weighted by Crippen LogP contribution is 2.29. The van der Waals surface area contributed by atoms with Crippen molar-refractivity contribution in [1.82, 2.24) is 0 Å². The van der Waals surface area contributed by atoms with Crippen LogP contribution in [-0.2, 0) is 6.42 Å². The van der Waals surface area contributed by atoms with E-state index >= 15 is 0 Å². The minimum atomic E-state index is 0.367. The van der Waals surface area contributed by atoms with E-state index in [1.807, 2.05) is 0 Å². The molecular formula is C16H25N. The maximum atomic E-state index is 2.57. The SMILES string of the molecule is CC(C)(C)Cc1ccccc1N1CCCCC1. The summed E-state index contributed by atoms with van der Waals surface area (Å²) in [4.78, 5) is 2.57. The molecular weight excluding hydrogens is 206 g/mol. The van der Waals surface area contributed by atoms with Crippen LogP contribution in [0.3, 0.4) is 0 Å². The van der Waals surface area contributed by atoms with Crippen LogP contribution in [0.2, 0.25) is 0 Å². The molecule has 1 aliphatic rings.